The molecule has 0 aromatic rings. The lowest BCUT2D eigenvalue weighted by Crippen LogP contribution is -2.43. The van der Waals surface area contributed by atoms with Gasteiger partial charge < -0.3 is 43.2 Å². The predicted molar refractivity (Wildman–Crippen MR) is 194 cm³/mol. The van der Waals surface area contributed by atoms with Crippen LogP contribution >= 0.6 is 0 Å². The van der Waals surface area contributed by atoms with E-state index in [9.17, 15) is 14.4 Å². The number of alkyl carbamates (subject to hydrolysis) is 1. The van der Waals surface area contributed by atoms with E-state index in [-0.39, 0.29) is 18.3 Å². The minimum atomic E-state index is -0.955. The van der Waals surface area contributed by atoms with E-state index in [1.54, 1.807) is 47.6 Å². The van der Waals surface area contributed by atoms with Crippen LogP contribution in [0, 0.1) is 0 Å². The average molecular weight is 726 g/mol. The molecule has 1 N–H and O–H groups in total. The van der Waals surface area contributed by atoms with Crippen LogP contribution in [0.15, 0.2) is 24.0 Å². The summed E-state index contributed by atoms with van der Waals surface area (Å²) in [6.07, 6.45) is 2.16. The van der Waals surface area contributed by atoms with E-state index in [0.29, 0.717) is 32.1 Å². The summed E-state index contributed by atoms with van der Waals surface area (Å²) in [5.41, 5.74) is -3.01. The minimum absolute atomic E-state index is 0.262. The molecule has 0 saturated heterocycles. The van der Waals surface area contributed by atoms with Gasteiger partial charge in [0.15, 0.2) is 6.10 Å². The number of hydrogen-bond acceptors (Lipinski definition) is 11. The number of rotatable bonds is 7. The summed E-state index contributed by atoms with van der Waals surface area (Å²) in [6.45, 7) is 28.0. The van der Waals surface area contributed by atoms with E-state index < -0.39 is 76.9 Å². The fourth-order valence-corrected chi connectivity index (χ4v) is 5.47. The fraction of sp³-hybridized carbons (Fsp3) is 0.821. The monoisotopic (exact) mass is 725 g/mol. The van der Waals surface area contributed by atoms with Gasteiger partial charge in [-0.25, -0.2) is 14.4 Å². The molecule has 0 aliphatic heterocycles. The third-order valence-electron chi connectivity index (χ3n) is 7.05. The van der Waals surface area contributed by atoms with Crippen molar-refractivity contribution in [3.05, 3.63) is 24.0 Å². The van der Waals surface area contributed by atoms with E-state index in [4.69, 9.17) is 37.9 Å². The van der Waals surface area contributed by atoms with Crippen LogP contribution < -0.4 is 5.32 Å². The number of carbonyl (C=O) groups is 3. The lowest BCUT2D eigenvalue weighted by Gasteiger charge is -2.36. The molecular weight excluding hydrogens is 658 g/mol. The summed E-state index contributed by atoms with van der Waals surface area (Å²) >= 11 is 0. The molecule has 6 unspecified atom stereocenters. The van der Waals surface area contributed by atoms with Crippen LogP contribution in [0.2, 0.25) is 0 Å². The second-order valence-electron chi connectivity index (χ2n) is 18.5. The quantitative estimate of drug-likeness (QED) is 0.153. The molecule has 0 aromatic carbocycles. The van der Waals surface area contributed by atoms with Crippen molar-refractivity contribution in [2.75, 3.05) is 0 Å². The normalized spacial score (nSPS) is 27.2. The Balaban J connectivity index is 2.58. The third-order valence-corrected chi connectivity index (χ3v) is 7.05. The van der Waals surface area contributed by atoms with Gasteiger partial charge in [0.1, 0.15) is 35.3 Å². The SMILES string of the molecule is CC(C)(C)NC(=O)OC1/C=C/C(OC(C)(C)C)CCC(O/C2=C\C(OC(=O)OC(C)(C)C)CCC(OC(C)(C)C)CC2OC(=O)OC(C)(C)C)C1. The molecule has 294 valence electrons. The van der Waals surface area contributed by atoms with Crippen LogP contribution in [0.3, 0.4) is 0 Å². The molecule has 0 bridgehead atoms. The van der Waals surface area contributed by atoms with E-state index in [1.165, 1.54) is 0 Å². The number of amides is 1. The van der Waals surface area contributed by atoms with E-state index in [1.807, 2.05) is 74.5 Å². The highest BCUT2D eigenvalue weighted by molar-refractivity contribution is 5.68. The first-order chi connectivity index (χ1) is 23.0. The Labute approximate surface area is 306 Å². The summed E-state index contributed by atoms with van der Waals surface area (Å²) in [5.74, 6) is 0.275. The molecule has 0 radical (unpaired) electrons. The van der Waals surface area contributed by atoms with Gasteiger partial charge in [-0.1, -0.05) is 6.08 Å². The Morgan fingerprint density at radius 3 is 1.61 bits per heavy atom. The van der Waals surface area contributed by atoms with Crippen LogP contribution in [0.4, 0.5) is 14.4 Å². The Kier molecular flexibility index (Phi) is 15.3. The maximum atomic E-state index is 13.2. The maximum absolute atomic E-state index is 13.2. The molecule has 1 amide bonds. The van der Waals surface area contributed by atoms with Gasteiger partial charge in [0.2, 0.25) is 0 Å². The highest BCUT2D eigenvalue weighted by Crippen LogP contribution is 2.32. The van der Waals surface area contributed by atoms with Crippen molar-refractivity contribution < 1.29 is 52.3 Å². The number of ether oxygens (including phenoxy) is 8. The van der Waals surface area contributed by atoms with Crippen molar-refractivity contribution >= 4 is 18.4 Å². The molecule has 0 aromatic heterocycles. The first-order valence-corrected chi connectivity index (χ1v) is 18.2. The van der Waals surface area contributed by atoms with E-state index in [0.717, 1.165) is 0 Å². The lowest BCUT2D eigenvalue weighted by molar-refractivity contribution is -0.101. The van der Waals surface area contributed by atoms with Crippen LogP contribution in [0.5, 0.6) is 0 Å². The van der Waals surface area contributed by atoms with Crippen LogP contribution in [0.25, 0.3) is 0 Å². The van der Waals surface area contributed by atoms with Crippen molar-refractivity contribution in [1.29, 1.82) is 0 Å². The van der Waals surface area contributed by atoms with Gasteiger partial charge in [0.25, 0.3) is 0 Å². The zero-order chi connectivity index (χ0) is 39.0. The standard InChI is InChI=1S/C39H67NO11/c1-35(2,3)40-32(41)45-27-19-17-25(48-36(4,5)6)16-18-26(22-27)44-30-23-28(46-33(42)50-38(10,11)12)20-21-29(49-37(7,8)9)24-31(30)47-34(43)51-39(13,14)15/h17,19,23,25-29,31H,16,18,20-22,24H2,1-15H3,(H,40,41)/b19-17+,30-23-. The molecule has 0 spiro atoms. The maximum Gasteiger partial charge on any atom is 0.509 e. The van der Waals surface area contributed by atoms with Crippen molar-refractivity contribution in [2.24, 2.45) is 0 Å². The first kappa shape index (κ1) is 44.2. The molecule has 0 fully saturated rings. The number of hydrogen-bond donors (Lipinski definition) is 1. The Morgan fingerprint density at radius 1 is 0.569 bits per heavy atom. The summed E-state index contributed by atoms with van der Waals surface area (Å²) < 4.78 is 48.2. The van der Waals surface area contributed by atoms with E-state index in [2.05, 4.69) is 5.32 Å². The molecule has 12 heteroatoms. The molecule has 2 aliphatic carbocycles. The van der Waals surface area contributed by atoms with Crippen molar-refractivity contribution in [1.82, 2.24) is 5.32 Å². The molecule has 2 rings (SSSR count). The molecular formula is C39H67NO11. The van der Waals surface area contributed by atoms with Gasteiger partial charge >= 0.3 is 18.4 Å². The first-order valence-electron chi connectivity index (χ1n) is 18.2. The molecule has 51 heavy (non-hydrogen) atoms. The largest absolute Gasteiger partial charge is 0.509 e. The second-order valence-corrected chi connectivity index (χ2v) is 18.5. The number of nitrogens with one attached hydrogen (secondary N) is 1. The average Bonchev–Trinajstić information content (AvgIpc) is 2.85. The molecule has 12 nitrogen and oxygen atoms in total. The van der Waals surface area contributed by atoms with Gasteiger partial charge in [-0.2, -0.15) is 0 Å². The van der Waals surface area contributed by atoms with Crippen LogP contribution in [0.1, 0.15) is 142 Å². The predicted octanol–water partition coefficient (Wildman–Crippen LogP) is 9.08. The van der Waals surface area contributed by atoms with Crippen molar-refractivity contribution in [2.45, 2.75) is 207 Å². The summed E-state index contributed by atoms with van der Waals surface area (Å²) in [4.78, 5) is 39.0. The number of carbonyl (C=O) groups excluding carboxylic acids is 3. The molecule has 0 saturated carbocycles. The van der Waals surface area contributed by atoms with Gasteiger partial charge in [-0.15, -0.1) is 0 Å². The molecule has 2 aliphatic rings. The van der Waals surface area contributed by atoms with Gasteiger partial charge in [0.05, 0.1) is 23.4 Å². The highest BCUT2D eigenvalue weighted by Gasteiger charge is 2.36. The third kappa shape index (κ3) is 20.0. The topological polar surface area (TPSA) is 137 Å². The highest BCUT2D eigenvalue weighted by atomic mass is 16.7. The fourth-order valence-electron chi connectivity index (χ4n) is 5.47. The second kappa shape index (κ2) is 17.7. The zero-order valence-corrected chi connectivity index (χ0v) is 33.9. The van der Waals surface area contributed by atoms with Gasteiger partial charge in [-0.3, -0.25) is 0 Å². The molecule has 6 atom stereocenters. The van der Waals surface area contributed by atoms with Gasteiger partial charge in [0, 0.05) is 18.4 Å². The summed E-state index contributed by atoms with van der Waals surface area (Å²) in [5, 5.41) is 2.85. The summed E-state index contributed by atoms with van der Waals surface area (Å²) in [6, 6.07) is 0. The minimum Gasteiger partial charge on any atom is -0.491 e. The van der Waals surface area contributed by atoms with E-state index >= 15 is 0 Å². The summed E-state index contributed by atoms with van der Waals surface area (Å²) in [7, 11) is 0. The Morgan fingerprint density at radius 2 is 1.08 bits per heavy atom. The van der Waals surface area contributed by atoms with Crippen molar-refractivity contribution in [3.63, 3.8) is 0 Å². The zero-order valence-electron chi connectivity index (χ0n) is 33.9. The lowest BCUT2D eigenvalue weighted by atomic mass is 9.96. The van der Waals surface area contributed by atoms with Crippen LogP contribution in [-0.4, -0.2) is 83.0 Å². The van der Waals surface area contributed by atoms with Crippen molar-refractivity contribution in [3.8, 4) is 0 Å². The smallest absolute Gasteiger partial charge is 0.491 e. The Hall–Kier alpha value is -2.99. The van der Waals surface area contributed by atoms with Crippen LogP contribution in [-0.2, 0) is 37.9 Å². The van der Waals surface area contributed by atoms with Gasteiger partial charge in [-0.05, 0) is 142 Å². The Bertz CT molecular complexity index is 1210. The molecule has 0 heterocycles.